The Morgan fingerprint density at radius 3 is 2.58 bits per heavy atom. The van der Waals surface area contributed by atoms with Gasteiger partial charge in [-0.15, -0.1) is 0 Å². The van der Waals surface area contributed by atoms with Crippen molar-refractivity contribution in [2.24, 2.45) is 0 Å². The summed E-state index contributed by atoms with van der Waals surface area (Å²) in [5.74, 6) is 0.404. The minimum absolute atomic E-state index is 0.0821. The van der Waals surface area contributed by atoms with E-state index in [1.807, 2.05) is 24.3 Å². The second-order valence-corrected chi connectivity index (χ2v) is 3.49. The summed E-state index contributed by atoms with van der Waals surface area (Å²) in [5.41, 5.74) is 0.996. The van der Waals surface area contributed by atoms with Gasteiger partial charge >= 0.3 is 0 Å². The standard InChI is InChI=1S/C10H9ClO/c11-9-4-2-1-3-7(9)8-5-6-10(8)12/h1-4,8H,5-6H2/t8-/m1/s1. The van der Waals surface area contributed by atoms with Gasteiger partial charge in [-0.05, 0) is 18.1 Å². The lowest BCUT2D eigenvalue weighted by Crippen LogP contribution is -2.23. The fourth-order valence-electron chi connectivity index (χ4n) is 1.49. The molecule has 1 nitrogen and oxygen atoms in total. The molecule has 12 heavy (non-hydrogen) atoms. The summed E-state index contributed by atoms with van der Waals surface area (Å²) in [6.45, 7) is 0. The molecule has 0 saturated heterocycles. The van der Waals surface area contributed by atoms with Crippen molar-refractivity contribution in [3.63, 3.8) is 0 Å². The first-order valence-electron chi connectivity index (χ1n) is 4.06. The number of benzene rings is 1. The van der Waals surface area contributed by atoms with E-state index in [0.717, 1.165) is 23.4 Å². The summed E-state index contributed by atoms with van der Waals surface area (Å²) >= 11 is 5.94. The Morgan fingerprint density at radius 2 is 2.08 bits per heavy atom. The molecule has 62 valence electrons. The van der Waals surface area contributed by atoms with Crippen molar-refractivity contribution in [3.8, 4) is 0 Å². The van der Waals surface area contributed by atoms with Crippen LogP contribution in [0.1, 0.15) is 24.3 Å². The van der Waals surface area contributed by atoms with Crippen molar-refractivity contribution in [2.45, 2.75) is 18.8 Å². The van der Waals surface area contributed by atoms with Crippen LogP contribution in [0.15, 0.2) is 24.3 Å². The van der Waals surface area contributed by atoms with Crippen molar-refractivity contribution in [1.82, 2.24) is 0 Å². The van der Waals surface area contributed by atoms with Crippen LogP contribution >= 0.6 is 11.6 Å². The Bertz CT molecular complexity index is 319. The summed E-state index contributed by atoms with van der Waals surface area (Å²) in [6.07, 6.45) is 1.68. The van der Waals surface area contributed by atoms with E-state index >= 15 is 0 Å². The van der Waals surface area contributed by atoms with Gasteiger partial charge < -0.3 is 0 Å². The van der Waals surface area contributed by atoms with Gasteiger partial charge in [0, 0.05) is 17.4 Å². The first-order chi connectivity index (χ1) is 5.79. The number of ketones is 1. The minimum Gasteiger partial charge on any atom is -0.299 e. The zero-order valence-electron chi connectivity index (χ0n) is 6.59. The Balaban J connectivity index is 2.33. The third-order valence-corrected chi connectivity index (χ3v) is 2.69. The highest BCUT2D eigenvalue weighted by Gasteiger charge is 2.30. The predicted molar refractivity (Wildman–Crippen MR) is 48.4 cm³/mol. The Kier molecular flexibility index (Phi) is 1.89. The van der Waals surface area contributed by atoms with E-state index in [0.29, 0.717) is 5.78 Å². The Labute approximate surface area is 76.4 Å². The van der Waals surface area contributed by atoms with Crippen molar-refractivity contribution in [1.29, 1.82) is 0 Å². The molecule has 0 amide bonds. The third-order valence-electron chi connectivity index (χ3n) is 2.35. The van der Waals surface area contributed by atoms with Gasteiger partial charge in [0.25, 0.3) is 0 Å². The van der Waals surface area contributed by atoms with Gasteiger partial charge in [-0.25, -0.2) is 0 Å². The molecular formula is C10H9ClO. The van der Waals surface area contributed by atoms with Gasteiger partial charge in [-0.1, -0.05) is 29.8 Å². The van der Waals surface area contributed by atoms with E-state index in [9.17, 15) is 4.79 Å². The van der Waals surface area contributed by atoms with Crippen LogP contribution in [-0.2, 0) is 4.79 Å². The molecule has 0 unspecified atom stereocenters. The zero-order chi connectivity index (χ0) is 8.55. The highest BCUT2D eigenvalue weighted by Crippen LogP contribution is 2.36. The number of hydrogen-bond donors (Lipinski definition) is 0. The monoisotopic (exact) mass is 180 g/mol. The number of carbonyl (C=O) groups is 1. The maximum Gasteiger partial charge on any atom is 0.140 e. The quantitative estimate of drug-likeness (QED) is 0.650. The van der Waals surface area contributed by atoms with Crippen LogP contribution in [0.3, 0.4) is 0 Å². The van der Waals surface area contributed by atoms with Crippen LogP contribution in [0.25, 0.3) is 0 Å². The number of hydrogen-bond acceptors (Lipinski definition) is 1. The summed E-state index contributed by atoms with van der Waals surface area (Å²) in [5, 5.41) is 0.718. The summed E-state index contributed by atoms with van der Waals surface area (Å²) < 4.78 is 0. The van der Waals surface area contributed by atoms with E-state index in [-0.39, 0.29) is 5.92 Å². The third kappa shape index (κ3) is 1.14. The second kappa shape index (κ2) is 2.91. The van der Waals surface area contributed by atoms with Gasteiger partial charge in [0.05, 0.1) is 0 Å². The predicted octanol–water partition coefficient (Wildman–Crippen LogP) is 2.79. The molecule has 1 aromatic carbocycles. The molecule has 0 N–H and O–H groups in total. The van der Waals surface area contributed by atoms with E-state index in [1.165, 1.54) is 0 Å². The lowest BCUT2D eigenvalue weighted by molar-refractivity contribution is -0.125. The highest BCUT2D eigenvalue weighted by atomic mass is 35.5. The van der Waals surface area contributed by atoms with Crippen LogP contribution in [0.5, 0.6) is 0 Å². The molecule has 1 aliphatic rings. The molecule has 1 atom stereocenters. The zero-order valence-corrected chi connectivity index (χ0v) is 7.34. The van der Waals surface area contributed by atoms with Gasteiger partial charge in [-0.2, -0.15) is 0 Å². The van der Waals surface area contributed by atoms with Crippen LogP contribution in [-0.4, -0.2) is 5.78 Å². The molecule has 2 heteroatoms. The lowest BCUT2D eigenvalue weighted by atomic mass is 9.79. The molecule has 0 radical (unpaired) electrons. The first-order valence-corrected chi connectivity index (χ1v) is 4.44. The minimum atomic E-state index is 0.0821. The van der Waals surface area contributed by atoms with E-state index in [4.69, 9.17) is 11.6 Å². The fraction of sp³-hybridized carbons (Fsp3) is 0.300. The molecule has 2 rings (SSSR count). The van der Waals surface area contributed by atoms with Crippen LogP contribution < -0.4 is 0 Å². The van der Waals surface area contributed by atoms with Gasteiger partial charge in [0.1, 0.15) is 5.78 Å². The highest BCUT2D eigenvalue weighted by molar-refractivity contribution is 6.31. The topological polar surface area (TPSA) is 17.1 Å². The van der Waals surface area contributed by atoms with Crippen molar-refractivity contribution >= 4 is 17.4 Å². The molecule has 0 heterocycles. The van der Waals surface area contributed by atoms with E-state index < -0.39 is 0 Å². The summed E-state index contributed by atoms with van der Waals surface area (Å²) in [4.78, 5) is 11.1. The van der Waals surface area contributed by atoms with Gasteiger partial charge in [0.15, 0.2) is 0 Å². The Hall–Kier alpha value is -0.820. The maximum absolute atomic E-state index is 11.1. The van der Waals surface area contributed by atoms with Gasteiger partial charge in [0.2, 0.25) is 0 Å². The van der Waals surface area contributed by atoms with E-state index in [2.05, 4.69) is 0 Å². The largest absolute Gasteiger partial charge is 0.299 e. The SMILES string of the molecule is O=C1CC[C@@H]1c1ccccc1Cl. The number of carbonyl (C=O) groups excluding carboxylic acids is 1. The van der Waals surface area contributed by atoms with Crippen LogP contribution in [0, 0.1) is 0 Å². The first kappa shape index (κ1) is 7.81. The molecule has 0 bridgehead atoms. The molecule has 0 aromatic heterocycles. The molecule has 1 aliphatic carbocycles. The van der Waals surface area contributed by atoms with Crippen molar-refractivity contribution in [3.05, 3.63) is 34.9 Å². The molecule has 1 saturated carbocycles. The van der Waals surface area contributed by atoms with E-state index in [1.54, 1.807) is 0 Å². The molecule has 1 aromatic rings. The molecule has 0 spiro atoms. The fourth-order valence-corrected chi connectivity index (χ4v) is 1.76. The average Bonchev–Trinajstić information content (AvgIpc) is 2.06. The van der Waals surface area contributed by atoms with Crippen LogP contribution in [0.4, 0.5) is 0 Å². The normalized spacial score (nSPS) is 22.1. The Morgan fingerprint density at radius 1 is 1.33 bits per heavy atom. The van der Waals surface area contributed by atoms with Crippen molar-refractivity contribution < 1.29 is 4.79 Å². The van der Waals surface area contributed by atoms with Crippen LogP contribution in [0.2, 0.25) is 5.02 Å². The second-order valence-electron chi connectivity index (χ2n) is 3.08. The molecule has 1 fully saturated rings. The van der Waals surface area contributed by atoms with Gasteiger partial charge in [-0.3, -0.25) is 4.79 Å². The number of rotatable bonds is 1. The van der Waals surface area contributed by atoms with Crippen molar-refractivity contribution in [2.75, 3.05) is 0 Å². The maximum atomic E-state index is 11.1. The summed E-state index contributed by atoms with van der Waals surface area (Å²) in [6, 6.07) is 7.58. The summed E-state index contributed by atoms with van der Waals surface area (Å²) in [7, 11) is 0. The number of Topliss-reactive ketones (excluding diaryl/α,β-unsaturated/α-hetero) is 1. The lowest BCUT2D eigenvalue weighted by Gasteiger charge is -2.24. The number of halogens is 1. The molecule has 0 aliphatic heterocycles. The smallest absolute Gasteiger partial charge is 0.140 e. The average molecular weight is 181 g/mol. The molecular weight excluding hydrogens is 172 g/mol.